The van der Waals surface area contributed by atoms with Gasteiger partial charge in [-0.05, 0) is 24.2 Å². The molecule has 1 saturated heterocycles. The van der Waals surface area contributed by atoms with Crippen molar-refractivity contribution in [3.8, 4) is 0 Å². The minimum atomic E-state index is 0.0929. The molecular formula is C14H20N4O. The van der Waals surface area contributed by atoms with E-state index in [0.29, 0.717) is 6.42 Å². The molecule has 2 heterocycles. The van der Waals surface area contributed by atoms with Crippen molar-refractivity contribution in [3.63, 3.8) is 0 Å². The van der Waals surface area contributed by atoms with E-state index in [4.69, 9.17) is 0 Å². The first kappa shape index (κ1) is 12.6. The van der Waals surface area contributed by atoms with Crippen LogP contribution in [-0.2, 0) is 11.2 Å². The highest BCUT2D eigenvalue weighted by Gasteiger charge is 2.23. The first-order valence-corrected chi connectivity index (χ1v) is 6.82. The van der Waals surface area contributed by atoms with Crippen LogP contribution in [0.2, 0.25) is 0 Å². The summed E-state index contributed by atoms with van der Waals surface area (Å²) in [5.74, 6) is 0.0929. The lowest BCUT2D eigenvalue weighted by molar-refractivity contribution is -0.115. The van der Waals surface area contributed by atoms with Gasteiger partial charge in [0.15, 0.2) is 0 Å². The van der Waals surface area contributed by atoms with Gasteiger partial charge in [0, 0.05) is 31.9 Å². The Balaban J connectivity index is 1.83. The molecule has 3 rings (SSSR count). The monoisotopic (exact) mass is 260 g/mol. The molecule has 1 unspecified atom stereocenters. The number of carbonyl (C=O) groups is 1. The van der Waals surface area contributed by atoms with E-state index in [-0.39, 0.29) is 12.1 Å². The zero-order chi connectivity index (χ0) is 13.2. The Kier molecular flexibility index (Phi) is 3.50. The molecule has 5 heteroatoms. The number of amides is 1. The largest absolute Gasteiger partial charge is 0.326 e. The number of nitrogens with zero attached hydrogens (tertiary/aromatic N) is 1. The minimum Gasteiger partial charge on any atom is -0.326 e. The molecule has 0 bridgehead atoms. The van der Waals surface area contributed by atoms with Crippen molar-refractivity contribution in [1.82, 2.24) is 15.5 Å². The van der Waals surface area contributed by atoms with Crippen LogP contribution >= 0.6 is 0 Å². The number of piperazine rings is 1. The number of hydrogen-bond acceptors (Lipinski definition) is 4. The fraction of sp³-hybridized carbons (Fsp3) is 0.500. The van der Waals surface area contributed by atoms with Crippen LogP contribution in [0.15, 0.2) is 18.2 Å². The molecule has 3 N–H and O–H groups in total. The van der Waals surface area contributed by atoms with Gasteiger partial charge in [-0.2, -0.15) is 0 Å². The normalized spacial score (nSPS) is 21.0. The lowest BCUT2D eigenvalue weighted by Crippen LogP contribution is -2.48. The third-order valence-corrected chi connectivity index (χ3v) is 3.86. The van der Waals surface area contributed by atoms with Crippen molar-refractivity contribution < 1.29 is 4.79 Å². The topological polar surface area (TPSA) is 56.4 Å². The lowest BCUT2D eigenvalue weighted by atomic mass is 10.0. The molecule has 102 valence electrons. The molecule has 0 saturated carbocycles. The van der Waals surface area contributed by atoms with E-state index in [1.54, 1.807) is 0 Å². The number of nitrogens with one attached hydrogen (secondary N) is 3. The Morgan fingerprint density at radius 3 is 2.84 bits per heavy atom. The summed E-state index contributed by atoms with van der Waals surface area (Å²) in [5, 5.41) is 9.63. The zero-order valence-electron chi connectivity index (χ0n) is 11.2. The molecule has 1 fully saturated rings. The highest BCUT2D eigenvalue weighted by Crippen LogP contribution is 2.27. The van der Waals surface area contributed by atoms with Crippen molar-refractivity contribution in [3.05, 3.63) is 29.3 Å². The van der Waals surface area contributed by atoms with E-state index in [1.807, 2.05) is 13.1 Å². The summed E-state index contributed by atoms with van der Waals surface area (Å²) in [5.41, 5.74) is 3.31. The van der Waals surface area contributed by atoms with Crippen molar-refractivity contribution in [2.75, 3.05) is 38.5 Å². The predicted octanol–water partition coefficient (Wildman–Crippen LogP) is 0.304. The van der Waals surface area contributed by atoms with Crippen LogP contribution in [-0.4, -0.2) is 44.0 Å². The SMILES string of the molecule is CNC(c1ccc2c(c1)CC(=O)N2)N1CCNCC1. The van der Waals surface area contributed by atoms with Gasteiger partial charge in [-0.25, -0.2) is 0 Å². The molecule has 0 spiro atoms. The van der Waals surface area contributed by atoms with Crippen LogP contribution in [0.5, 0.6) is 0 Å². The average molecular weight is 260 g/mol. The first-order valence-electron chi connectivity index (χ1n) is 6.82. The van der Waals surface area contributed by atoms with Crippen LogP contribution in [0.1, 0.15) is 17.3 Å². The van der Waals surface area contributed by atoms with Gasteiger partial charge in [-0.15, -0.1) is 0 Å². The number of benzene rings is 1. The van der Waals surface area contributed by atoms with Gasteiger partial charge in [-0.3, -0.25) is 9.69 Å². The van der Waals surface area contributed by atoms with E-state index in [1.165, 1.54) is 5.56 Å². The van der Waals surface area contributed by atoms with Gasteiger partial charge in [0.2, 0.25) is 5.91 Å². The second kappa shape index (κ2) is 5.28. The number of rotatable bonds is 3. The van der Waals surface area contributed by atoms with Crippen molar-refractivity contribution in [2.45, 2.75) is 12.6 Å². The minimum absolute atomic E-state index is 0.0929. The van der Waals surface area contributed by atoms with Gasteiger partial charge in [-0.1, -0.05) is 12.1 Å². The smallest absolute Gasteiger partial charge is 0.228 e. The molecule has 19 heavy (non-hydrogen) atoms. The summed E-state index contributed by atoms with van der Waals surface area (Å²) >= 11 is 0. The molecule has 0 aliphatic carbocycles. The second-order valence-electron chi connectivity index (χ2n) is 5.12. The van der Waals surface area contributed by atoms with Crippen LogP contribution in [0.3, 0.4) is 0 Å². The third kappa shape index (κ3) is 2.49. The number of carbonyl (C=O) groups excluding carboxylic acids is 1. The Hall–Kier alpha value is -1.43. The van der Waals surface area contributed by atoms with Crippen molar-refractivity contribution in [2.24, 2.45) is 0 Å². The van der Waals surface area contributed by atoms with E-state index >= 15 is 0 Å². The van der Waals surface area contributed by atoms with E-state index in [9.17, 15) is 4.79 Å². The van der Waals surface area contributed by atoms with E-state index in [0.717, 1.165) is 37.4 Å². The van der Waals surface area contributed by atoms with Gasteiger partial charge in [0.05, 0.1) is 12.6 Å². The molecular weight excluding hydrogens is 240 g/mol. The number of anilines is 1. The summed E-state index contributed by atoms with van der Waals surface area (Å²) in [7, 11) is 1.99. The molecule has 2 aliphatic heterocycles. The van der Waals surface area contributed by atoms with E-state index < -0.39 is 0 Å². The summed E-state index contributed by atoms with van der Waals surface area (Å²) in [4.78, 5) is 13.8. The Morgan fingerprint density at radius 2 is 2.11 bits per heavy atom. The zero-order valence-corrected chi connectivity index (χ0v) is 11.2. The molecule has 0 radical (unpaired) electrons. The lowest BCUT2D eigenvalue weighted by Gasteiger charge is -2.35. The van der Waals surface area contributed by atoms with Crippen LogP contribution in [0.4, 0.5) is 5.69 Å². The molecule has 1 aromatic carbocycles. The molecule has 1 amide bonds. The highest BCUT2D eigenvalue weighted by atomic mass is 16.1. The third-order valence-electron chi connectivity index (χ3n) is 3.86. The Labute approximate surface area is 113 Å². The number of fused-ring (bicyclic) bond motifs is 1. The molecule has 5 nitrogen and oxygen atoms in total. The first-order chi connectivity index (χ1) is 9.28. The van der Waals surface area contributed by atoms with Gasteiger partial charge < -0.3 is 16.0 Å². The summed E-state index contributed by atoms with van der Waals surface area (Å²) in [6.45, 7) is 4.14. The van der Waals surface area contributed by atoms with Gasteiger partial charge in [0.1, 0.15) is 0 Å². The summed E-state index contributed by atoms with van der Waals surface area (Å²) in [6.07, 6.45) is 0.726. The molecule has 1 atom stereocenters. The maximum absolute atomic E-state index is 11.4. The number of hydrogen-bond donors (Lipinski definition) is 3. The predicted molar refractivity (Wildman–Crippen MR) is 75.0 cm³/mol. The second-order valence-corrected chi connectivity index (χ2v) is 5.12. The van der Waals surface area contributed by atoms with Crippen LogP contribution in [0, 0.1) is 0 Å². The fourth-order valence-electron chi connectivity index (χ4n) is 2.92. The molecule has 1 aromatic rings. The van der Waals surface area contributed by atoms with Crippen molar-refractivity contribution >= 4 is 11.6 Å². The van der Waals surface area contributed by atoms with E-state index in [2.05, 4.69) is 33.0 Å². The van der Waals surface area contributed by atoms with Crippen LogP contribution in [0.25, 0.3) is 0 Å². The standard InChI is InChI=1S/C14H20N4O/c1-15-14(18-6-4-16-5-7-18)10-2-3-12-11(8-10)9-13(19)17-12/h2-3,8,14-16H,4-7,9H2,1H3,(H,17,19). The Morgan fingerprint density at radius 1 is 1.32 bits per heavy atom. The quantitative estimate of drug-likeness (QED) is 0.732. The van der Waals surface area contributed by atoms with Gasteiger partial charge >= 0.3 is 0 Å². The average Bonchev–Trinajstić information content (AvgIpc) is 2.80. The molecule has 0 aromatic heterocycles. The van der Waals surface area contributed by atoms with Gasteiger partial charge in [0.25, 0.3) is 0 Å². The van der Waals surface area contributed by atoms with Crippen molar-refractivity contribution in [1.29, 1.82) is 0 Å². The highest BCUT2D eigenvalue weighted by molar-refractivity contribution is 5.99. The molecule has 2 aliphatic rings. The maximum Gasteiger partial charge on any atom is 0.228 e. The Bertz CT molecular complexity index is 482. The maximum atomic E-state index is 11.4. The summed E-state index contributed by atoms with van der Waals surface area (Å²) in [6, 6.07) is 6.27. The fourth-order valence-corrected chi connectivity index (χ4v) is 2.92. The summed E-state index contributed by atoms with van der Waals surface area (Å²) < 4.78 is 0. The van der Waals surface area contributed by atoms with Crippen LogP contribution < -0.4 is 16.0 Å².